The summed E-state index contributed by atoms with van der Waals surface area (Å²) in [4.78, 5) is 0. The van der Waals surface area contributed by atoms with E-state index in [9.17, 15) is 10.2 Å². The van der Waals surface area contributed by atoms with Crippen LogP contribution in [0.2, 0.25) is 0 Å². The summed E-state index contributed by atoms with van der Waals surface area (Å²) in [5.41, 5.74) is 2.81. The van der Waals surface area contributed by atoms with Crippen LogP contribution in [0.1, 0.15) is 50.7 Å². The Kier molecular flexibility index (Phi) is 7.19. The maximum absolute atomic E-state index is 10.8. The zero-order chi connectivity index (χ0) is 19.1. The van der Waals surface area contributed by atoms with Crippen LogP contribution in [-0.4, -0.2) is 24.4 Å². The molecular formula is C22H30O4. The Bertz CT molecular complexity index is 674. The molecule has 0 fully saturated rings. The van der Waals surface area contributed by atoms with Gasteiger partial charge in [-0.3, -0.25) is 0 Å². The highest BCUT2D eigenvalue weighted by molar-refractivity contribution is 5.80. The third kappa shape index (κ3) is 4.43. The standard InChI is InChI=1S/C22H30O4/c1-5-7-9-15-11-17(25-3)13-19(21(15)23)20-14-18(26-4)12-16(22(20)24)10-8-6-2/h11-14,23-24H,5-10H2,1-4H3. The van der Waals surface area contributed by atoms with Gasteiger partial charge in [-0.2, -0.15) is 0 Å². The first-order valence-electron chi connectivity index (χ1n) is 9.35. The second kappa shape index (κ2) is 9.37. The first kappa shape index (κ1) is 20.0. The molecule has 0 amide bonds. The quantitative estimate of drug-likeness (QED) is 0.624. The number of phenols is 2. The lowest BCUT2D eigenvalue weighted by molar-refractivity contribution is 0.409. The number of hydrogen-bond donors (Lipinski definition) is 2. The van der Waals surface area contributed by atoms with Crippen LogP contribution < -0.4 is 9.47 Å². The molecule has 4 nitrogen and oxygen atoms in total. The van der Waals surface area contributed by atoms with E-state index in [0.29, 0.717) is 22.6 Å². The monoisotopic (exact) mass is 358 g/mol. The van der Waals surface area contributed by atoms with Crippen molar-refractivity contribution in [2.45, 2.75) is 52.4 Å². The first-order chi connectivity index (χ1) is 12.5. The molecule has 0 aliphatic rings. The van der Waals surface area contributed by atoms with E-state index in [1.165, 1.54) is 0 Å². The number of rotatable bonds is 9. The van der Waals surface area contributed by atoms with Gasteiger partial charge in [0.25, 0.3) is 0 Å². The Morgan fingerprint density at radius 1 is 0.692 bits per heavy atom. The van der Waals surface area contributed by atoms with Crippen molar-refractivity contribution in [1.82, 2.24) is 0 Å². The van der Waals surface area contributed by atoms with E-state index in [2.05, 4.69) is 13.8 Å². The highest BCUT2D eigenvalue weighted by atomic mass is 16.5. The van der Waals surface area contributed by atoms with E-state index < -0.39 is 0 Å². The highest BCUT2D eigenvalue weighted by Gasteiger charge is 2.18. The molecule has 0 aromatic heterocycles. The zero-order valence-corrected chi connectivity index (χ0v) is 16.3. The third-order valence-corrected chi connectivity index (χ3v) is 4.69. The number of ether oxygens (including phenoxy) is 2. The summed E-state index contributed by atoms with van der Waals surface area (Å²) in [5, 5.41) is 21.7. The van der Waals surface area contributed by atoms with E-state index in [4.69, 9.17) is 9.47 Å². The van der Waals surface area contributed by atoms with Gasteiger partial charge in [0.2, 0.25) is 0 Å². The van der Waals surface area contributed by atoms with E-state index >= 15 is 0 Å². The molecule has 4 heteroatoms. The van der Waals surface area contributed by atoms with Gasteiger partial charge in [0, 0.05) is 11.1 Å². The van der Waals surface area contributed by atoms with Gasteiger partial charge < -0.3 is 19.7 Å². The van der Waals surface area contributed by atoms with E-state index in [0.717, 1.165) is 49.7 Å². The highest BCUT2D eigenvalue weighted by Crippen LogP contribution is 2.44. The molecule has 0 saturated carbocycles. The predicted octanol–water partition coefficient (Wildman–Crippen LogP) is 5.47. The first-order valence-corrected chi connectivity index (χ1v) is 9.35. The van der Waals surface area contributed by atoms with Crippen molar-refractivity contribution in [2.24, 2.45) is 0 Å². The third-order valence-electron chi connectivity index (χ3n) is 4.69. The van der Waals surface area contributed by atoms with Crippen LogP contribution in [0.25, 0.3) is 11.1 Å². The number of benzene rings is 2. The minimum Gasteiger partial charge on any atom is -0.507 e. The summed E-state index contributed by atoms with van der Waals surface area (Å²) in [5.74, 6) is 1.73. The van der Waals surface area contributed by atoms with Crippen LogP contribution in [-0.2, 0) is 12.8 Å². The molecule has 0 atom stereocenters. The fourth-order valence-corrected chi connectivity index (χ4v) is 3.09. The van der Waals surface area contributed by atoms with Crippen LogP contribution in [0.15, 0.2) is 24.3 Å². The van der Waals surface area contributed by atoms with Gasteiger partial charge in [0.05, 0.1) is 14.2 Å². The molecule has 0 aliphatic carbocycles. The van der Waals surface area contributed by atoms with Crippen LogP contribution in [0, 0.1) is 0 Å². The number of hydrogen-bond acceptors (Lipinski definition) is 4. The van der Waals surface area contributed by atoms with Crippen molar-refractivity contribution >= 4 is 0 Å². The lowest BCUT2D eigenvalue weighted by Gasteiger charge is -2.17. The minimum atomic E-state index is 0.198. The molecular weight excluding hydrogens is 328 g/mol. The second-order valence-corrected chi connectivity index (χ2v) is 6.57. The van der Waals surface area contributed by atoms with Gasteiger partial charge in [-0.05, 0) is 61.1 Å². The summed E-state index contributed by atoms with van der Waals surface area (Å²) in [6.45, 7) is 4.23. The van der Waals surface area contributed by atoms with Crippen molar-refractivity contribution in [3.05, 3.63) is 35.4 Å². The Morgan fingerprint density at radius 3 is 1.38 bits per heavy atom. The predicted molar refractivity (Wildman–Crippen MR) is 106 cm³/mol. The Balaban J connectivity index is 2.62. The maximum atomic E-state index is 10.8. The van der Waals surface area contributed by atoms with Crippen LogP contribution >= 0.6 is 0 Å². The van der Waals surface area contributed by atoms with Gasteiger partial charge in [0.1, 0.15) is 23.0 Å². The van der Waals surface area contributed by atoms with Crippen molar-refractivity contribution in [3.63, 3.8) is 0 Å². The van der Waals surface area contributed by atoms with Crippen LogP contribution in [0.5, 0.6) is 23.0 Å². The Morgan fingerprint density at radius 2 is 1.08 bits per heavy atom. The number of phenolic OH excluding ortho intramolecular Hbond substituents is 2. The molecule has 0 bridgehead atoms. The molecule has 0 spiro atoms. The van der Waals surface area contributed by atoms with Crippen LogP contribution in [0.3, 0.4) is 0 Å². The van der Waals surface area contributed by atoms with Crippen molar-refractivity contribution in [2.75, 3.05) is 14.2 Å². The molecule has 2 aromatic rings. The molecule has 0 saturated heterocycles. The molecule has 142 valence electrons. The molecule has 2 rings (SSSR count). The van der Waals surface area contributed by atoms with Crippen molar-refractivity contribution in [1.29, 1.82) is 0 Å². The molecule has 2 N–H and O–H groups in total. The van der Waals surface area contributed by atoms with E-state index in [-0.39, 0.29) is 11.5 Å². The fraction of sp³-hybridized carbons (Fsp3) is 0.455. The molecule has 26 heavy (non-hydrogen) atoms. The Hall–Kier alpha value is -2.36. The van der Waals surface area contributed by atoms with E-state index in [1.807, 2.05) is 12.1 Å². The fourth-order valence-electron chi connectivity index (χ4n) is 3.09. The minimum absolute atomic E-state index is 0.198. The smallest absolute Gasteiger partial charge is 0.126 e. The van der Waals surface area contributed by atoms with Gasteiger partial charge in [-0.25, -0.2) is 0 Å². The molecule has 2 aromatic carbocycles. The average molecular weight is 358 g/mol. The number of unbranched alkanes of at least 4 members (excludes halogenated alkanes) is 2. The Labute approximate surface area is 156 Å². The van der Waals surface area contributed by atoms with Gasteiger partial charge in [-0.15, -0.1) is 0 Å². The second-order valence-electron chi connectivity index (χ2n) is 6.57. The summed E-state index contributed by atoms with van der Waals surface area (Å²) in [7, 11) is 3.22. The van der Waals surface area contributed by atoms with Gasteiger partial charge in [-0.1, -0.05) is 26.7 Å². The molecule has 0 radical (unpaired) electrons. The molecule has 0 aliphatic heterocycles. The summed E-state index contributed by atoms with van der Waals surface area (Å²) >= 11 is 0. The van der Waals surface area contributed by atoms with Gasteiger partial charge in [0.15, 0.2) is 0 Å². The summed E-state index contributed by atoms with van der Waals surface area (Å²) in [6, 6.07) is 7.26. The average Bonchev–Trinajstić information content (AvgIpc) is 2.66. The lowest BCUT2D eigenvalue weighted by Crippen LogP contribution is -1.96. The summed E-state index contributed by atoms with van der Waals surface area (Å²) in [6.07, 6.45) is 5.56. The van der Waals surface area contributed by atoms with Gasteiger partial charge >= 0.3 is 0 Å². The normalized spacial score (nSPS) is 10.8. The SMILES string of the molecule is CCCCc1cc(OC)cc(-c2cc(OC)cc(CCCC)c2O)c1O. The topological polar surface area (TPSA) is 58.9 Å². The molecule has 0 unspecified atom stereocenters. The molecule has 0 heterocycles. The van der Waals surface area contributed by atoms with Crippen molar-refractivity contribution < 1.29 is 19.7 Å². The zero-order valence-electron chi connectivity index (χ0n) is 16.3. The summed E-state index contributed by atoms with van der Waals surface area (Å²) < 4.78 is 10.8. The number of aromatic hydroxyl groups is 2. The lowest BCUT2D eigenvalue weighted by atomic mass is 9.94. The van der Waals surface area contributed by atoms with Crippen LogP contribution in [0.4, 0.5) is 0 Å². The van der Waals surface area contributed by atoms with Crippen molar-refractivity contribution in [3.8, 4) is 34.1 Å². The van der Waals surface area contributed by atoms with E-state index in [1.54, 1.807) is 26.4 Å². The largest absolute Gasteiger partial charge is 0.507 e. The number of aryl methyl sites for hydroxylation is 2. The maximum Gasteiger partial charge on any atom is 0.126 e. The number of methoxy groups -OCH3 is 2.